The van der Waals surface area contributed by atoms with Crippen LogP contribution in [-0.2, 0) is 4.79 Å². The fourth-order valence-electron chi connectivity index (χ4n) is 2.15. The molecule has 3 heteroatoms. The molecule has 3 nitrogen and oxygen atoms in total. The molecule has 0 spiro atoms. The van der Waals surface area contributed by atoms with Crippen LogP contribution in [0.4, 0.5) is 0 Å². The van der Waals surface area contributed by atoms with Gasteiger partial charge in [-0.3, -0.25) is 9.69 Å². The van der Waals surface area contributed by atoms with Gasteiger partial charge in [0.25, 0.3) is 0 Å². The molecule has 0 amide bonds. The minimum atomic E-state index is -0.690. The van der Waals surface area contributed by atoms with E-state index in [2.05, 4.69) is 11.8 Å². The average molecular weight is 185 g/mol. The zero-order valence-electron chi connectivity index (χ0n) is 8.49. The lowest BCUT2D eigenvalue weighted by Gasteiger charge is -2.37. The molecule has 13 heavy (non-hydrogen) atoms. The van der Waals surface area contributed by atoms with Crippen LogP contribution in [0.3, 0.4) is 0 Å². The first-order valence-electron chi connectivity index (χ1n) is 5.09. The molecular formula is C10H19NO2. The van der Waals surface area contributed by atoms with Crippen LogP contribution in [0.2, 0.25) is 0 Å². The molecule has 1 N–H and O–H groups in total. The summed E-state index contributed by atoms with van der Waals surface area (Å²) in [6.07, 6.45) is 3.99. The topological polar surface area (TPSA) is 40.5 Å². The molecule has 0 aromatic heterocycles. The third kappa shape index (κ3) is 2.99. The molecule has 1 rings (SSSR count). The standard InChI is InChI=1S/C10H19NO2/c1-8-5-3-4-6-11(8)9(2)7-10(12)13/h8-9H,3-7H2,1-2H3,(H,12,13)/t8-,9+/m0/s1. The molecule has 0 aliphatic carbocycles. The Morgan fingerprint density at radius 1 is 1.62 bits per heavy atom. The average Bonchev–Trinajstić information content (AvgIpc) is 2.03. The number of piperidine rings is 1. The minimum Gasteiger partial charge on any atom is -0.481 e. The van der Waals surface area contributed by atoms with Gasteiger partial charge in [-0.05, 0) is 33.2 Å². The van der Waals surface area contributed by atoms with E-state index in [1.54, 1.807) is 0 Å². The lowest BCUT2D eigenvalue weighted by Crippen LogP contribution is -2.44. The summed E-state index contributed by atoms with van der Waals surface area (Å²) in [6.45, 7) is 5.27. The SMILES string of the molecule is C[C@H](CC(=O)O)N1CCCC[C@@H]1C. The molecule has 1 aliphatic rings. The highest BCUT2D eigenvalue weighted by Gasteiger charge is 2.24. The van der Waals surface area contributed by atoms with Gasteiger partial charge in [-0.1, -0.05) is 6.42 Å². The number of carbonyl (C=O) groups is 1. The highest BCUT2D eigenvalue weighted by Crippen LogP contribution is 2.20. The Morgan fingerprint density at radius 3 is 2.85 bits per heavy atom. The Hall–Kier alpha value is -0.570. The first-order valence-corrected chi connectivity index (χ1v) is 5.09. The molecule has 0 aromatic rings. The van der Waals surface area contributed by atoms with E-state index in [1.807, 2.05) is 6.92 Å². The van der Waals surface area contributed by atoms with E-state index < -0.39 is 5.97 Å². The van der Waals surface area contributed by atoms with E-state index in [0.717, 1.165) is 6.54 Å². The second-order valence-corrected chi connectivity index (χ2v) is 4.03. The molecule has 1 fully saturated rings. The molecule has 0 bridgehead atoms. The van der Waals surface area contributed by atoms with E-state index in [-0.39, 0.29) is 12.5 Å². The summed E-state index contributed by atoms with van der Waals surface area (Å²) < 4.78 is 0. The molecule has 2 atom stereocenters. The van der Waals surface area contributed by atoms with Gasteiger partial charge in [0.15, 0.2) is 0 Å². The number of nitrogens with zero attached hydrogens (tertiary/aromatic N) is 1. The highest BCUT2D eigenvalue weighted by molar-refractivity contribution is 5.67. The van der Waals surface area contributed by atoms with Gasteiger partial charge in [0.05, 0.1) is 6.42 Å². The summed E-state index contributed by atoms with van der Waals surface area (Å²) >= 11 is 0. The number of carboxylic acid groups (broad SMARTS) is 1. The van der Waals surface area contributed by atoms with Crippen molar-refractivity contribution in [3.8, 4) is 0 Å². The van der Waals surface area contributed by atoms with Crippen molar-refractivity contribution in [1.82, 2.24) is 4.90 Å². The molecule has 1 saturated heterocycles. The van der Waals surface area contributed by atoms with Gasteiger partial charge < -0.3 is 5.11 Å². The quantitative estimate of drug-likeness (QED) is 0.728. The molecule has 1 aliphatic heterocycles. The van der Waals surface area contributed by atoms with Gasteiger partial charge in [-0.15, -0.1) is 0 Å². The summed E-state index contributed by atoms with van der Waals surface area (Å²) in [6, 6.07) is 0.746. The lowest BCUT2D eigenvalue weighted by atomic mass is 10.0. The van der Waals surface area contributed by atoms with Crippen molar-refractivity contribution in [2.24, 2.45) is 0 Å². The largest absolute Gasteiger partial charge is 0.481 e. The van der Waals surface area contributed by atoms with Crippen LogP contribution in [0.1, 0.15) is 39.5 Å². The van der Waals surface area contributed by atoms with Gasteiger partial charge in [0.1, 0.15) is 0 Å². The molecule has 0 unspecified atom stereocenters. The smallest absolute Gasteiger partial charge is 0.304 e. The van der Waals surface area contributed by atoms with Crippen LogP contribution in [0.5, 0.6) is 0 Å². The molecule has 0 radical (unpaired) electrons. The van der Waals surface area contributed by atoms with E-state index in [1.165, 1.54) is 19.3 Å². The zero-order valence-corrected chi connectivity index (χ0v) is 8.49. The highest BCUT2D eigenvalue weighted by atomic mass is 16.4. The Kier molecular flexibility index (Phi) is 3.72. The summed E-state index contributed by atoms with van der Waals surface area (Å²) in [7, 11) is 0. The minimum absolute atomic E-state index is 0.188. The van der Waals surface area contributed by atoms with Gasteiger partial charge in [-0.25, -0.2) is 0 Å². The first kappa shape index (κ1) is 10.5. The van der Waals surface area contributed by atoms with Crippen LogP contribution < -0.4 is 0 Å². The van der Waals surface area contributed by atoms with Crippen molar-refractivity contribution in [1.29, 1.82) is 0 Å². The molecular weight excluding hydrogens is 166 g/mol. The van der Waals surface area contributed by atoms with E-state index in [9.17, 15) is 4.79 Å². The predicted molar refractivity (Wildman–Crippen MR) is 51.7 cm³/mol. The maximum Gasteiger partial charge on any atom is 0.304 e. The Labute approximate surface area is 79.7 Å². The third-order valence-electron chi connectivity index (χ3n) is 2.89. The maximum absolute atomic E-state index is 10.5. The summed E-state index contributed by atoms with van der Waals surface area (Å²) in [4.78, 5) is 12.8. The fraction of sp³-hybridized carbons (Fsp3) is 0.900. The van der Waals surface area contributed by atoms with Crippen molar-refractivity contribution in [2.45, 2.75) is 51.6 Å². The zero-order chi connectivity index (χ0) is 9.84. The van der Waals surface area contributed by atoms with Crippen molar-refractivity contribution in [3.63, 3.8) is 0 Å². The number of likely N-dealkylation sites (tertiary alicyclic amines) is 1. The Bertz CT molecular complexity index is 182. The second kappa shape index (κ2) is 4.61. The summed E-state index contributed by atoms with van der Waals surface area (Å²) in [5.41, 5.74) is 0. The fourth-order valence-corrected chi connectivity index (χ4v) is 2.15. The maximum atomic E-state index is 10.5. The number of carboxylic acids is 1. The van der Waals surface area contributed by atoms with Crippen molar-refractivity contribution >= 4 is 5.97 Å². The van der Waals surface area contributed by atoms with E-state index in [4.69, 9.17) is 5.11 Å². The normalized spacial score (nSPS) is 27.1. The Morgan fingerprint density at radius 2 is 2.31 bits per heavy atom. The van der Waals surface area contributed by atoms with Gasteiger partial charge in [-0.2, -0.15) is 0 Å². The molecule has 0 saturated carbocycles. The van der Waals surface area contributed by atoms with Gasteiger partial charge in [0, 0.05) is 12.1 Å². The monoisotopic (exact) mass is 185 g/mol. The molecule has 0 aromatic carbocycles. The van der Waals surface area contributed by atoms with Crippen LogP contribution in [-0.4, -0.2) is 34.6 Å². The second-order valence-electron chi connectivity index (χ2n) is 4.03. The van der Waals surface area contributed by atoms with Crippen molar-refractivity contribution < 1.29 is 9.90 Å². The molecule has 1 heterocycles. The predicted octanol–water partition coefficient (Wildman–Crippen LogP) is 1.72. The number of hydrogen-bond donors (Lipinski definition) is 1. The first-order chi connectivity index (χ1) is 6.11. The van der Waals surface area contributed by atoms with E-state index in [0.29, 0.717) is 6.04 Å². The van der Waals surface area contributed by atoms with Gasteiger partial charge >= 0.3 is 5.97 Å². The summed E-state index contributed by atoms with van der Waals surface area (Å²) in [5, 5.41) is 8.67. The van der Waals surface area contributed by atoms with Crippen molar-refractivity contribution in [2.75, 3.05) is 6.54 Å². The number of hydrogen-bond acceptors (Lipinski definition) is 2. The third-order valence-corrected chi connectivity index (χ3v) is 2.89. The van der Waals surface area contributed by atoms with E-state index >= 15 is 0 Å². The van der Waals surface area contributed by atoms with Crippen LogP contribution in [0.15, 0.2) is 0 Å². The summed E-state index contributed by atoms with van der Waals surface area (Å²) in [5.74, 6) is -0.690. The number of rotatable bonds is 3. The Balaban J connectivity index is 2.43. The van der Waals surface area contributed by atoms with Gasteiger partial charge in [0.2, 0.25) is 0 Å². The van der Waals surface area contributed by atoms with Crippen LogP contribution >= 0.6 is 0 Å². The number of aliphatic carboxylic acids is 1. The van der Waals surface area contributed by atoms with Crippen molar-refractivity contribution in [3.05, 3.63) is 0 Å². The van der Waals surface area contributed by atoms with Crippen LogP contribution in [0.25, 0.3) is 0 Å². The molecule has 76 valence electrons. The van der Waals surface area contributed by atoms with Crippen LogP contribution in [0, 0.1) is 0 Å². The lowest BCUT2D eigenvalue weighted by molar-refractivity contribution is -0.138.